The zero-order valence-electron chi connectivity index (χ0n) is 17.4. The molecule has 31 heavy (non-hydrogen) atoms. The molecule has 0 radical (unpaired) electrons. The van der Waals surface area contributed by atoms with Gasteiger partial charge in [-0.25, -0.2) is 4.39 Å². The van der Waals surface area contributed by atoms with E-state index >= 15 is 0 Å². The van der Waals surface area contributed by atoms with Crippen molar-refractivity contribution >= 4 is 11.6 Å². The lowest BCUT2D eigenvalue weighted by molar-refractivity contribution is -0.137. The number of amides is 1. The third-order valence-corrected chi connectivity index (χ3v) is 5.45. The summed E-state index contributed by atoms with van der Waals surface area (Å²) in [4.78, 5) is 16.6. The van der Waals surface area contributed by atoms with Gasteiger partial charge in [-0.1, -0.05) is 18.2 Å². The van der Waals surface area contributed by atoms with Crippen molar-refractivity contribution in [2.24, 2.45) is 0 Å². The van der Waals surface area contributed by atoms with Crippen molar-refractivity contribution < 1.29 is 27.1 Å². The molecule has 1 atom stereocenters. The van der Waals surface area contributed by atoms with E-state index in [2.05, 4.69) is 10.2 Å². The summed E-state index contributed by atoms with van der Waals surface area (Å²) < 4.78 is 58.2. The lowest BCUT2D eigenvalue weighted by Gasteiger charge is -2.37. The first-order chi connectivity index (χ1) is 14.7. The van der Waals surface area contributed by atoms with Gasteiger partial charge in [-0.15, -0.1) is 0 Å². The molecule has 1 N–H and O–H groups in total. The first-order valence-corrected chi connectivity index (χ1v) is 9.95. The van der Waals surface area contributed by atoms with Crippen LogP contribution in [0.25, 0.3) is 0 Å². The highest BCUT2D eigenvalue weighted by atomic mass is 19.4. The summed E-state index contributed by atoms with van der Waals surface area (Å²) in [7, 11) is 1.41. The average molecular weight is 439 g/mol. The molecule has 1 fully saturated rings. The number of rotatable bonds is 6. The van der Waals surface area contributed by atoms with E-state index in [1.54, 1.807) is 13.0 Å². The minimum atomic E-state index is -4.54. The van der Waals surface area contributed by atoms with Crippen LogP contribution in [0.1, 0.15) is 18.1 Å². The molecule has 3 rings (SSSR count). The monoisotopic (exact) mass is 439 g/mol. The summed E-state index contributed by atoms with van der Waals surface area (Å²) in [6.45, 7) is 4.71. The van der Waals surface area contributed by atoms with Crippen LogP contribution in [0.3, 0.4) is 0 Å². The lowest BCUT2D eigenvalue weighted by Crippen LogP contribution is -2.52. The van der Waals surface area contributed by atoms with Crippen LogP contribution in [0.4, 0.5) is 23.2 Å². The van der Waals surface area contributed by atoms with Crippen molar-refractivity contribution in [3.63, 3.8) is 0 Å². The molecule has 0 unspecified atom stereocenters. The summed E-state index contributed by atoms with van der Waals surface area (Å²) >= 11 is 0. The summed E-state index contributed by atoms with van der Waals surface area (Å²) in [5.41, 5.74) is -0.291. The minimum Gasteiger partial charge on any atom is -0.494 e. The normalized spacial score (nSPS) is 16.7. The number of hydrogen-bond acceptors (Lipinski definition) is 4. The smallest absolute Gasteiger partial charge is 0.418 e. The fourth-order valence-electron chi connectivity index (χ4n) is 3.62. The first-order valence-electron chi connectivity index (χ1n) is 9.95. The molecule has 1 heterocycles. The summed E-state index contributed by atoms with van der Waals surface area (Å²) in [6, 6.07) is 9.20. The van der Waals surface area contributed by atoms with E-state index in [9.17, 15) is 22.4 Å². The Morgan fingerprint density at radius 2 is 1.81 bits per heavy atom. The molecular weight excluding hydrogens is 414 g/mol. The predicted molar refractivity (Wildman–Crippen MR) is 109 cm³/mol. The van der Waals surface area contributed by atoms with Crippen LogP contribution in [0.15, 0.2) is 42.5 Å². The largest absolute Gasteiger partial charge is 0.494 e. The maximum atomic E-state index is 13.9. The number of alkyl halides is 3. The molecule has 0 bridgehead atoms. The van der Waals surface area contributed by atoms with Crippen LogP contribution < -0.4 is 10.1 Å². The second kappa shape index (κ2) is 9.65. The number of nitrogens with zero attached hydrogens (tertiary/aromatic N) is 2. The molecule has 1 saturated heterocycles. The van der Waals surface area contributed by atoms with Gasteiger partial charge in [0.15, 0.2) is 11.6 Å². The van der Waals surface area contributed by atoms with E-state index in [4.69, 9.17) is 4.74 Å². The van der Waals surface area contributed by atoms with Gasteiger partial charge in [-0.05, 0) is 36.8 Å². The molecule has 5 nitrogen and oxygen atoms in total. The molecule has 168 valence electrons. The van der Waals surface area contributed by atoms with E-state index in [0.29, 0.717) is 32.7 Å². The third kappa shape index (κ3) is 5.74. The van der Waals surface area contributed by atoms with Gasteiger partial charge in [0.05, 0.1) is 24.4 Å². The number of carbonyl (C=O) groups excluding carboxylic acids is 1. The van der Waals surface area contributed by atoms with Gasteiger partial charge in [0, 0.05) is 32.7 Å². The minimum absolute atomic E-state index is 0.195. The fraction of sp³-hybridized carbons (Fsp3) is 0.409. The Kier molecular flexibility index (Phi) is 7.17. The number of hydrogen-bond donors (Lipinski definition) is 1. The maximum Gasteiger partial charge on any atom is 0.418 e. The van der Waals surface area contributed by atoms with E-state index in [1.165, 1.54) is 31.4 Å². The average Bonchev–Trinajstić information content (AvgIpc) is 2.73. The highest BCUT2D eigenvalue weighted by molar-refractivity contribution is 5.95. The fourth-order valence-corrected chi connectivity index (χ4v) is 3.62. The van der Waals surface area contributed by atoms with E-state index < -0.39 is 29.5 Å². The van der Waals surface area contributed by atoms with Crippen LogP contribution >= 0.6 is 0 Å². The summed E-state index contributed by atoms with van der Waals surface area (Å²) in [6.07, 6.45) is -4.54. The molecular formula is C22H25F4N3O2. The Labute approximate surface area is 178 Å². The first kappa shape index (κ1) is 23.0. The Bertz CT molecular complexity index is 912. The number of benzene rings is 2. The number of methoxy groups -OCH3 is 1. The second-order valence-corrected chi connectivity index (χ2v) is 7.49. The Morgan fingerprint density at radius 3 is 2.42 bits per heavy atom. The van der Waals surface area contributed by atoms with Gasteiger partial charge in [-0.3, -0.25) is 14.6 Å². The van der Waals surface area contributed by atoms with Crippen LogP contribution in [-0.2, 0) is 17.5 Å². The Hall–Kier alpha value is -2.65. The molecule has 9 heteroatoms. The summed E-state index contributed by atoms with van der Waals surface area (Å²) in [5.74, 6) is -0.703. The Morgan fingerprint density at radius 1 is 1.13 bits per heavy atom. The van der Waals surface area contributed by atoms with E-state index in [1.807, 2.05) is 11.0 Å². The highest BCUT2D eigenvalue weighted by Gasteiger charge is 2.34. The van der Waals surface area contributed by atoms with Crippen molar-refractivity contribution in [2.75, 3.05) is 38.6 Å². The predicted octanol–water partition coefficient (Wildman–Crippen LogP) is 4.00. The van der Waals surface area contributed by atoms with Gasteiger partial charge in [0.2, 0.25) is 5.91 Å². The Balaban J connectivity index is 1.55. The highest BCUT2D eigenvalue weighted by Crippen LogP contribution is 2.34. The van der Waals surface area contributed by atoms with Crippen molar-refractivity contribution in [3.8, 4) is 5.75 Å². The molecule has 0 saturated carbocycles. The molecule has 0 aromatic heterocycles. The number of nitrogens with one attached hydrogen (secondary N) is 1. The SMILES string of the molecule is COc1ccc(CN2CCN([C@@H](C)C(=O)Nc3ccccc3C(F)(F)F)CC2)cc1F. The van der Waals surface area contributed by atoms with Crippen molar-refractivity contribution in [3.05, 3.63) is 59.4 Å². The van der Waals surface area contributed by atoms with Gasteiger partial charge < -0.3 is 10.1 Å². The van der Waals surface area contributed by atoms with Crippen molar-refractivity contribution in [1.29, 1.82) is 0 Å². The molecule has 2 aromatic rings. The zero-order chi connectivity index (χ0) is 22.6. The topological polar surface area (TPSA) is 44.8 Å². The molecule has 1 aliphatic rings. The number of carbonyl (C=O) groups is 1. The standard InChI is InChI=1S/C22H25F4N3O2/c1-15(21(30)27-19-6-4-3-5-17(19)22(24,25)26)29-11-9-28(10-12-29)14-16-7-8-20(31-2)18(23)13-16/h3-8,13,15H,9-12,14H2,1-2H3,(H,27,30)/t15-/m0/s1. The number of para-hydroxylation sites is 1. The number of halogens is 4. The molecule has 2 aromatic carbocycles. The van der Waals surface area contributed by atoms with E-state index in [-0.39, 0.29) is 11.4 Å². The quantitative estimate of drug-likeness (QED) is 0.692. The molecule has 0 spiro atoms. The molecule has 1 amide bonds. The van der Waals surface area contributed by atoms with Gasteiger partial charge in [0.1, 0.15) is 0 Å². The van der Waals surface area contributed by atoms with Gasteiger partial charge >= 0.3 is 6.18 Å². The number of ether oxygens (including phenoxy) is 1. The van der Waals surface area contributed by atoms with Gasteiger partial charge in [0.25, 0.3) is 0 Å². The van der Waals surface area contributed by atoms with E-state index in [0.717, 1.165) is 11.6 Å². The lowest BCUT2D eigenvalue weighted by atomic mass is 10.1. The third-order valence-electron chi connectivity index (χ3n) is 5.45. The maximum absolute atomic E-state index is 13.9. The number of anilines is 1. The molecule has 0 aliphatic carbocycles. The van der Waals surface area contributed by atoms with Crippen molar-refractivity contribution in [2.45, 2.75) is 25.7 Å². The van der Waals surface area contributed by atoms with Crippen LogP contribution in [0.2, 0.25) is 0 Å². The van der Waals surface area contributed by atoms with Crippen LogP contribution in [0.5, 0.6) is 5.75 Å². The second-order valence-electron chi connectivity index (χ2n) is 7.49. The summed E-state index contributed by atoms with van der Waals surface area (Å²) in [5, 5.41) is 2.41. The molecule has 1 aliphatic heterocycles. The van der Waals surface area contributed by atoms with Crippen LogP contribution in [0, 0.1) is 5.82 Å². The van der Waals surface area contributed by atoms with Crippen molar-refractivity contribution in [1.82, 2.24) is 9.80 Å². The number of piperazine rings is 1. The van der Waals surface area contributed by atoms with Gasteiger partial charge in [-0.2, -0.15) is 13.2 Å². The zero-order valence-corrected chi connectivity index (χ0v) is 17.4. The van der Waals surface area contributed by atoms with Crippen LogP contribution in [-0.4, -0.2) is 55.0 Å².